The molecule has 3 nitrogen and oxygen atoms in total. The molecule has 1 saturated heterocycles. The Hall–Kier alpha value is -1.03. The van der Waals surface area contributed by atoms with Crippen LogP contribution in [0.4, 0.5) is 10.5 Å². The van der Waals surface area contributed by atoms with Gasteiger partial charge in [-0.1, -0.05) is 22.0 Å². The SMILES string of the molecule is O=C1NCC2(CCC2)N1c1cccc(Br)c1. The summed E-state index contributed by atoms with van der Waals surface area (Å²) in [5.74, 6) is 0. The number of halogens is 1. The Balaban J connectivity index is 2.01. The van der Waals surface area contributed by atoms with Gasteiger partial charge in [0.1, 0.15) is 0 Å². The molecular weight excluding hydrogens is 268 g/mol. The Morgan fingerprint density at radius 3 is 2.81 bits per heavy atom. The van der Waals surface area contributed by atoms with Crippen molar-refractivity contribution >= 4 is 27.6 Å². The third-order valence-corrected chi connectivity index (χ3v) is 4.09. The maximum absolute atomic E-state index is 11.9. The van der Waals surface area contributed by atoms with Gasteiger partial charge in [0.05, 0.1) is 5.54 Å². The van der Waals surface area contributed by atoms with Crippen LogP contribution in [-0.4, -0.2) is 18.1 Å². The van der Waals surface area contributed by atoms with Crippen LogP contribution in [0.3, 0.4) is 0 Å². The summed E-state index contributed by atoms with van der Waals surface area (Å²) in [5.41, 5.74) is 1.04. The number of carbonyl (C=O) groups is 1. The lowest BCUT2D eigenvalue weighted by Gasteiger charge is -2.44. The summed E-state index contributed by atoms with van der Waals surface area (Å²) in [7, 11) is 0. The third kappa shape index (κ3) is 1.36. The topological polar surface area (TPSA) is 32.3 Å². The first-order valence-electron chi connectivity index (χ1n) is 5.55. The predicted octanol–water partition coefficient (Wildman–Crippen LogP) is 2.90. The minimum atomic E-state index is 0.0396. The van der Waals surface area contributed by atoms with Gasteiger partial charge in [-0.15, -0.1) is 0 Å². The van der Waals surface area contributed by atoms with Gasteiger partial charge in [0.25, 0.3) is 0 Å². The predicted molar refractivity (Wildman–Crippen MR) is 66.6 cm³/mol. The second-order valence-electron chi connectivity index (χ2n) is 4.55. The number of hydrogen-bond donors (Lipinski definition) is 1. The lowest BCUT2D eigenvalue weighted by Crippen LogP contribution is -2.52. The van der Waals surface area contributed by atoms with E-state index < -0.39 is 0 Å². The third-order valence-electron chi connectivity index (χ3n) is 3.60. The molecule has 2 amide bonds. The van der Waals surface area contributed by atoms with Gasteiger partial charge in [-0.05, 0) is 37.5 Å². The summed E-state index contributed by atoms with van der Waals surface area (Å²) in [6.45, 7) is 0.790. The largest absolute Gasteiger partial charge is 0.335 e. The average molecular weight is 281 g/mol. The van der Waals surface area contributed by atoms with Gasteiger partial charge in [0.2, 0.25) is 0 Å². The quantitative estimate of drug-likeness (QED) is 0.843. The summed E-state index contributed by atoms with van der Waals surface area (Å²) in [6.07, 6.45) is 3.44. The number of anilines is 1. The van der Waals surface area contributed by atoms with Crippen LogP contribution < -0.4 is 10.2 Å². The van der Waals surface area contributed by atoms with E-state index >= 15 is 0 Å². The van der Waals surface area contributed by atoms with E-state index in [0.29, 0.717) is 0 Å². The number of hydrogen-bond acceptors (Lipinski definition) is 1. The van der Waals surface area contributed by atoms with Gasteiger partial charge in [-0.2, -0.15) is 0 Å². The number of amides is 2. The molecule has 0 bridgehead atoms. The normalized spacial score (nSPS) is 22.1. The Labute approximate surface area is 103 Å². The van der Waals surface area contributed by atoms with Crippen LogP contribution in [-0.2, 0) is 0 Å². The molecule has 84 valence electrons. The minimum absolute atomic E-state index is 0.0396. The molecule has 1 heterocycles. The molecular formula is C12H13BrN2O. The van der Waals surface area contributed by atoms with Crippen LogP contribution >= 0.6 is 15.9 Å². The van der Waals surface area contributed by atoms with Gasteiger partial charge in [-0.3, -0.25) is 4.90 Å². The molecule has 1 aromatic rings. The van der Waals surface area contributed by atoms with Crippen LogP contribution in [0.25, 0.3) is 0 Å². The van der Waals surface area contributed by atoms with Gasteiger partial charge in [0.15, 0.2) is 0 Å². The molecule has 4 heteroatoms. The molecule has 2 aliphatic rings. The maximum Gasteiger partial charge on any atom is 0.322 e. The Morgan fingerprint density at radius 2 is 2.19 bits per heavy atom. The van der Waals surface area contributed by atoms with Gasteiger partial charge < -0.3 is 5.32 Å². The van der Waals surface area contributed by atoms with Crippen molar-refractivity contribution in [2.75, 3.05) is 11.4 Å². The van der Waals surface area contributed by atoms with E-state index in [1.54, 1.807) is 0 Å². The second-order valence-corrected chi connectivity index (χ2v) is 5.47. The molecule has 2 fully saturated rings. The number of carbonyl (C=O) groups excluding carboxylic acids is 1. The highest BCUT2D eigenvalue weighted by Gasteiger charge is 2.50. The molecule has 1 saturated carbocycles. The summed E-state index contributed by atoms with van der Waals surface area (Å²) in [5, 5.41) is 2.95. The molecule has 0 unspecified atom stereocenters. The molecule has 16 heavy (non-hydrogen) atoms. The average Bonchev–Trinajstić information content (AvgIpc) is 2.55. The van der Waals surface area contributed by atoms with Gasteiger partial charge in [0, 0.05) is 16.7 Å². The van der Waals surface area contributed by atoms with Gasteiger partial charge >= 0.3 is 6.03 Å². The Morgan fingerprint density at radius 1 is 1.38 bits per heavy atom. The first kappa shape index (κ1) is 10.1. The van der Waals surface area contributed by atoms with Crippen LogP contribution in [0.15, 0.2) is 28.7 Å². The highest BCUT2D eigenvalue weighted by molar-refractivity contribution is 9.10. The zero-order valence-electron chi connectivity index (χ0n) is 8.87. The summed E-state index contributed by atoms with van der Waals surface area (Å²) in [4.78, 5) is 13.8. The standard InChI is InChI=1S/C12H13BrN2O/c13-9-3-1-4-10(7-9)15-11(16)14-8-12(15)5-2-6-12/h1,3-4,7H,2,5-6,8H2,(H,14,16). The monoisotopic (exact) mass is 280 g/mol. The number of nitrogens with one attached hydrogen (secondary N) is 1. The van der Waals surface area contributed by atoms with Crippen molar-refractivity contribution in [3.05, 3.63) is 28.7 Å². The molecule has 1 aromatic carbocycles. The molecule has 1 N–H and O–H groups in total. The van der Waals surface area contributed by atoms with Crippen LogP contribution in [0.1, 0.15) is 19.3 Å². The summed E-state index contributed by atoms with van der Waals surface area (Å²) >= 11 is 3.45. The molecule has 1 aliphatic carbocycles. The van der Waals surface area contributed by atoms with Crippen LogP contribution in [0, 0.1) is 0 Å². The van der Waals surface area contributed by atoms with Crippen molar-refractivity contribution in [2.24, 2.45) is 0 Å². The van der Waals surface area contributed by atoms with Crippen molar-refractivity contribution in [3.8, 4) is 0 Å². The lowest BCUT2D eigenvalue weighted by molar-refractivity contribution is 0.241. The van der Waals surface area contributed by atoms with Gasteiger partial charge in [-0.25, -0.2) is 4.79 Å². The molecule has 3 rings (SSSR count). The lowest BCUT2D eigenvalue weighted by atomic mass is 9.76. The fourth-order valence-corrected chi connectivity index (χ4v) is 2.99. The van der Waals surface area contributed by atoms with E-state index in [-0.39, 0.29) is 11.6 Å². The number of benzene rings is 1. The van der Waals surface area contributed by atoms with E-state index in [4.69, 9.17) is 0 Å². The van der Waals surface area contributed by atoms with E-state index in [9.17, 15) is 4.79 Å². The Kier molecular flexibility index (Phi) is 2.21. The number of nitrogens with zero attached hydrogens (tertiary/aromatic N) is 1. The maximum atomic E-state index is 11.9. The highest BCUT2D eigenvalue weighted by atomic mass is 79.9. The van der Waals surface area contributed by atoms with E-state index in [2.05, 4.69) is 21.2 Å². The number of urea groups is 1. The number of rotatable bonds is 1. The zero-order valence-corrected chi connectivity index (χ0v) is 10.5. The second kappa shape index (κ2) is 3.48. The van der Waals surface area contributed by atoms with Crippen LogP contribution in [0.5, 0.6) is 0 Å². The van der Waals surface area contributed by atoms with Crippen molar-refractivity contribution in [3.63, 3.8) is 0 Å². The molecule has 1 spiro atoms. The highest BCUT2D eigenvalue weighted by Crippen LogP contribution is 2.43. The van der Waals surface area contributed by atoms with E-state index in [0.717, 1.165) is 29.5 Å². The summed E-state index contributed by atoms with van der Waals surface area (Å²) in [6, 6.07) is 7.99. The molecule has 1 aliphatic heterocycles. The van der Waals surface area contributed by atoms with Crippen molar-refractivity contribution in [2.45, 2.75) is 24.8 Å². The summed E-state index contributed by atoms with van der Waals surface area (Å²) < 4.78 is 1.01. The molecule has 0 radical (unpaired) electrons. The van der Waals surface area contributed by atoms with Crippen molar-refractivity contribution in [1.82, 2.24) is 5.32 Å². The molecule has 0 aromatic heterocycles. The van der Waals surface area contributed by atoms with E-state index in [1.807, 2.05) is 29.2 Å². The fourth-order valence-electron chi connectivity index (χ4n) is 2.61. The van der Waals surface area contributed by atoms with E-state index in [1.165, 1.54) is 6.42 Å². The Bertz CT molecular complexity index is 442. The minimum Gasteiger partial charge on any atom is -0.335 e. The first-order valence-corrected chi connectivity index (χ1v) is 6.34. The fraction of sp³-hybridized carbons (Fsp3) is 0.417. The van der Waals surface area contributed by atoms with Crippen molar-refractivity contribution in [1.29, 1.82) is 0 Å². The smallest absolute Gasteiger partial charge is 0.322 e. The van der Waals surface area contributed by atoms with Crippen molar-refractivity contribution < 1.29 is 4.79 Å². The molecule has 0 atom stereocenters. The first-order chi connectivity index (χ1) is 7.71. The van der Waals surface area contributed by atoms with Crippen LogP contribution in [0.2, 0.25) is 0 Å². The zero-order chi connectivity index (χ0) is 11.2.